The first kappa shape index (κ1) is 10.7. The SMILES string of the molecule is CC(=O)Cc1cccc(I)c1CO. The van der Waals surface area contributed by atoms with Crippen LogP contribution in [0.4, 0.5) is 0 Å². The van der Waals surface area contributed by atoms with Crippen molar-refractivity contribution in [3.8, 4) is 0 Å². The van der Waals surface area contributed by atoms with Gasteiger partial charge in [0.15, 0.2) is 0 Å². The lowest BCUT2D eigenvalue weighted by Crippen LogP contribution is -2.02. The summed E-state index contributed by atoms with van der Waals surface area (Å²) in [5.41, 5.74) is 1.81. The number of ketones is 1. The molecule has 1 N–H and O–H groups in total. The molecule has 1 aromatic rings. The molecule has 0 bridgehead atoms. The second-order valence-corrected chi connectivity index (χ2v) is 4.08. The number of aliphatic hydroxyl groups is 1. The van der Waals surface area contributed by atoms with E-state index in [0.717, 1.165) is 14.7 Å². The largest absolute Gasteiger partial charge is 0.392 e. The Bertz CT molecular complexity index is 321. The Labute approximate surface area is 91.1 Å². The van der Waals surface area contributed by atoms with Crippen molar-refractivity contribution in [2.24, 2.45) is 0 Å². The number of benzene rings is 1. The average Bonchev–Trinajstić information content (AvgIpc) is 2.03. The summed E-state index contributed by atoms with van der Waals surface area (Å²) in [5, 5.41) is 9.10. The van der Waals surface area contributed by atoms with Gasteiger partial charge in [0, 0.05) is 9.99 Å². The summed E-state index contributed by atoms with van der Waals surface area (Å²) in [6.07, 6.45) is 0.409. The van der Waals surface area contributed by atoms with Gasteiger partial charge < -0.3 is 5.11 Å². The molecule has 13 heavy (non-hydrogen) atoms. The van der Waals surface area contributed by atoms with Crippen LogP contribution < -0.4 is 0 Å². The van der Waals surface area contributed by atoms with Gasteiger partial charge in [0.05, 0.1) is 6.61 Å². The highest BCUT2D eigenvalue weighted by molar-refractivity contribution is 14.1. The summed E-state index contributed by atoms with van der Waals surface area (Å²) in [7, 11) is 0. The summed E-state index contributed by atoms with van der Waals surface area (Å²) >= 11 is 2.16. The van der Waals surface area contributed by atoms with Crippen LogP contribution in [0.15, 0.2) is 18.2 Å². The summed E-state index contributed by atoms with van der Waals surface area (Å²) in [6, 6.07) is 5.71. The molecular weight excluding hydrogens is 279 g/mol. The molecule has 2 nitrogen and oxygen atoms in total. The minimum atomic E-state index is 0.00171. The number of carbonyl (C=O) groups excluding carboxylic acids is 1. The number of halogens is 1. The van der Waals surface area contributed by atoms with E-state index in [1.807, 2.05) is 18.2 Å². The van der Waals surface area contributed by atoms with Gasteiger partial charge in [-0.25, -0.2) is 0 Å². The normalized spacial score (nSPS) is 10.1. The molecule has 0 aromatic heterocycles. The Morgan fingerprint density at radius 2 is 2.23 bits per heavy atom. The van der Waals surface area contributed by atoms with Crippen LogP contribution in [0.1, 0.15) is 18.1 Å². The van der Waals surface area contributed by atoms with Crippen molar-refractivity contribution >= 4 is 28.4 Å². The smallest absolute Gasteiger partial charge is 0.134 e. The standard InChI is InChI=1S/C10H11IO2/c1-7(13)5-8-3-2-4-10(11)9(8)6-12/h2-4,12H,5-6H2,1H3. The molecule has 0 spiro atoms. The second kappa shape index (κ2) is 4.72. The molecule has 0 aliphatic carbocycles. The highest BCUT2D eigenvalue weighted by Gasteiger charge is 2.06. The summed E-state index contributed by atoms with van der Waals surface area (Å²) < 4.78 is 1.01. The molecule has 0 heterocycles. The topological polar surface area (TPSA) is 37.3 Å². The molecule has 3 heteroatoms. The van der Waals surface area contributed by atoms with E-state index >= 15 is 0 Å². The van der Waals surface area contributed by atoms with Crippen LogP contribution in [0.2, 0.25) is 0 Å². The third-order valence-electron chi connectivity index (χ3n) is 1.81. The molecule has 0 aliphatic heterocycles. The Kier molecular flexibility index (Phi) is 3.87. The molecule has 0 unspecified atom stereocenters. The van der Waals surface area contributed by atoms with Gasteiger partial charge in [-0.1, -0.05) is 12.1 Å². The predicted octanol–water partition coefficient (Wildman–Crippen LogP) is 1.91. The van der Waals surface area contributed by atoms with Gasteiger partial charge in [-0.2, -0.15) is 0 Å². The molecule has 1 aromatic carbocycles. The fraction of sp³-hybridized carbons (Fsp3) is 0.300. The third-order valence-corrected chi connectivity index (χ3v) is 2.82. The van der Waals surface area contributed by atoms with Crippen molar-refractivity contribution < 1.29 is 9.90 Å². The van der Waals surface area contributed by atoms with Crippen LogP contribution in [0, 0.1) is 3.57 Å². The number of carbonyl (C=O) groups is 1. The van der Waals surface area contributed by atoms with E-state index in [2.05, 4.69) is 22.6 Å². The molecule has 1 rings (SSSR count). The van der Waals surface area contributed by atoms with Gasteiger partial charge in [0.2, 0.25) is 0 Å². The van der Waals surface area contributed by atoms with Crippen molar-refractivity contribution in [1.29, 1.82) is 0 Å². The lowest BCUT2D eigenvalue weighted by Gasteiger charge is -2.07. The Balaban J connectivity index is 3.05. The van der Waals surface area contributed by atoms with Gasteiger partial charge in [-0.3, -0.25) is 4.79 Å². The van der Waals surface area contributed by atoms with Crippen molar-refractivity contribution in [1.82, 2.24) is 0 Å². The maximum absolute atomic E-state index is 10.9. The fourth-order valence-corrected chi connectivity index (χ4v) is 1.94. The fourth-order valence-electron chi connectivity index (χ4n) is 1.21. The minimum absolute atomic E-state index is 0.00171. The Morgan fingerprint density at radius 3 is 2.77 bits per heavy atom. The number of aliphatic hydroxyl groups excluding tert-OH is 1. The predicted molar refractivity (Wildman–Crippen MR) is 59.5 cm³/mol. The monoisotopic (exact) mass is 290 g/mol. The van der Waals surface area contributed by atoms with E-state index in [1.165, 1.54) is 0 Å². The van der Waals surface area contributed by atoms with Crippen LogP contribution in [-0.2, 0) is 17.8 Å². The maximum Gasteiger partial charge on any atom is 0.134 e. The molecular formula is C10H11IO2. The van der Waals surface area contributed by atoms with E-state index in [-0.39, 0.29) is 12.4 Å². The van der Waals surface area contributed by atoms with Crippen molar-refractivity contribution in [3.63, 3.8) is 0 Å². The quantitative estimate of drug-likeness (QED) is 0.864. The van der Waals surface area contributed by atoms with Crippen LogP contribution in [0.5, 0.6) is 0 Å². The molecule has 0 radical (unpaired) electrons. The van der Waals surface area contributed by atoms with Crippen molar-refractivity contribution in [2.45, 2.75) is 20.0 Å². The summed E-state index contributed by atoms with van der Waals surface area (Å²) in [5.74, 6) is 0.122. The van der Waals surface area contributed by atoms with Crippen LogP contribution in [-0.4, -0.2) is 10.9 Å². The summed E-state index contributed by atoms with van der Waals surface area (Å²) in [6.45, 7) is 1.56. The molecule has 0 aliphatic rings. The van der Waals surface area contributed by atoms with Crippen LogP contribution in [0.3, 0.4) is 0 Å². The van der Waals surface area contributed by atoms with Gasteiger partial charge in [-0.05, 0) is 46.7 Å². The van der Waals surface area contributed by atoms with E-state index in [9.17, 15) is 4.79 Å². The van der Waals surface area contributed by atoms with E-state index in [0.29, 0.717) is 6.42 Å². The number of Topliss-reactive ketones (excluding diaryl/α,β-unsaturated/α-hetero) is 1. The minimum Gasteiger partial charge on any atom is -0.392 e. The number of hydrogen-bond acceptors (Lipinski definition) is 2. The number of rotatable bonds is 3. The summed E-state index contributed by atoms with van der Waals surface area (Å²) in [4.78, 5) is 10.9. The van der Waals surface area contributed by atoms with Crippen LogP contribution >= 0.6 is 22.6 Å². The van der Waals surface area contributed by atoms with Crippen LogP contribution in [0.25, 0.3) is 0 Å². The average molecular weight is 290 g/mol. The molecule has 70 valence electrons. The van der Waals surface area contributed by atoms with Gasteiger partial charge >= 0.3 is 0 Å². The molecule has 0 saturated heterocycles. The van der Waals surface area contributed by atoms with Gasteiger partial charge in [-0.15, -0.1) is 0 Å². The van der Waals surface area contributed by atoms with Crippen molar-refractivity contribution in [3.05, 3.63) is 32.9 Å². The maximum atomic E-state index is 10.9. The first-order valence-corrected chi connectivity index (χ1v) is 5.09. The zero-order valence-electron chi connectivity index (χ0n) is 7.38. The van der Waals surface area contributed by atoms with E-state index in [1.54, 1.807) is 6.92 Å². The lowest BCUT2D eigenvalue weighted by atomic mass is 10.0. The first-order chi connectivity index (χ1) is 6.15. The van der Waals surface area contributed by atoms with Gasteiger partial charge in [0.1, 0.15) is 5.78 Å². The zero-order chi connectivity index (χ0) is 9.84. The van der Waals surface area contributed by atoms with Gasteiger partial charge in [0.25, 0.3) is 0 Å². The third kappa shape index (κ3) is 2.77. The number of hydrogen-bond donors (Lipinski definition) is 1. The lowest BCUT2D eigenvalue weighted by molar-refractivity contribution is -0.116. The second-order valence-electron chi connectivity index (χ2n) is 2.91. The molecule has 0 fully saturated rings. The highest BCUT2D eigenvalue weighted by atomic mass is 127. The van der Waals surface area contributed by atoms with Crippen molar-refractivity contribution in [2.75, 3.05) is 0 Å². The Morgan fingerprint density at radius 1 is 1.54 bits per heavy atom. The highest BCUT2D eigenvalue weighted by Crippen LogP contribution is 2.17. The Hall–Kier alpha value is -0.420. The zero-order valence-corrected chi connectivity index (χ0v) is 9.54. The molecule has 0 amide bonds. The van der Waals surface area contributed by atoms with E-state index < -0.39 is 0 Å². The molecule has 0 atom stereocenters. The first-order valence-electron chi connectivity index (χ1n) is 4.01. The molecule has 0 saturated carbocycles. The van der Waals surface area contributed by atoms with E-state index in [4.69, 9.17) is 5.11 Å².